The first-order valence-corrected chi connectivity index (χ1v) is 8.09. The topological polar surface area (TPSA) is 85.6 Å². The molecule has 8 heteroatoms. The van der Waals surface area contributed by atoms with Crippen molar-refractivity contribution in [2.45, 2.75) is 26.3 Å². The monoisotopic (exact) mass is 354 g/mol. The Balaban J connectivity index is 2.06. The Bertz CT molecular complexity index is 905. The normalized spacial score (nSPS) is 11.4. The summed E-state index contributed by atoms with van der Waals surface area (Å²) in [5, 5.41) is 14.9. The number of nitrogens with zero attached hydrogens (tertiary/aromatic N) is 5. The predicted octanol–water partition coefficient (Wildman–Crippen LogP) is 2.51. The van der Waals surface area contributed by atoms with E-state index in [2.05, 4.69) is 25.6 Å². The molecule has 0 saturated heterocycles. The predicted molar refractivity (Wildman–Crippen MR) is 94.6 cm³/mol. The van der Waals surface area contributed by atoms with Gasteiger partial charge in [0.25, 0.3) is 5.91 Å². The van der Waals surface area contributed by atoms with Gasteiger partial charge in [0.05, 0.1) is 16.9 Å². The van der Waals surface area contributed by atoms with Crippen LogP contribution in [0.3, 0.4) is 0 Å². The van der Waals surface area contributed by atoms with Gasteiger partial charge < -0.3 is 5.32 Å². The van der Waals surface area contributed by atoms with Gasteiger partial charge in [-0.2, -0.15) is 10.2 Å². The molecule has 3 aromatic rings. The number of halogens is 1. The van der Waals surface area contributed by atoms with E-state index in [1.165, 1.54) is 4.68 Å². The van der Waals surface area contributed by atoms with Crippen LogP contribution in [0, 0.1) is 6.92 Å². The molecule has 0 radical (unpaired) electrons. The van der Waals surface area contributed by atoms with Gasteiger partial charge in [-0.15, -0.1) is 5.10 Å². The molecule has 0 atom stereocenters. The lowest BCUT2D eigenvalue weighted by molar-refractivity contribution is 0.0894. The van der Waals surface area contributed by atoms with Crippen molar-refractivity contribution in [3.05, 3.63) is 54.0 Å². The Morgan fingerprint density at radius 3 is 2.73 bits per heavy atom. The van der Waals surface area contributed by atoms with Crippen LogP contribution in [-0.2, 0) is 0 Å². The minimum atomic E-state index is -0.976. The van der Waals surface area contributed by atoms with Crippen LogP contribution < -0.4 is 5.32 Å². The third-order valence-electron chi connectivity index (χ3n) is 3.68. The fourth-order valence-corrected chi connectivity index (χ4v) is 2.28. The molecule has 3 aromatic heterocycles. The van der Waals surface area contributed by atoms with Gasteiger partial charge in [-0.05, 0) is 50.6 Å². The van der Waals surface area contributed by atoms with Crippen LogP contribution in [0.15, 0.2) is 42.7 Å². The van der Waals surface area contributed by atoms with E-state index in [0.717, 1.165) is 5.56 Å². The van der Waals surface area contributed by atoms with E-state index >= 15 is 0 Å². The van der Waals surface area contributed by atoms with Gasteiger partial charge in [0.1, 0.15) is 6.67 Å². The van der Waals surface area contributed by atoms with Gasteiger partial charge in [0.2, 0.25) is 0 Å². The number of amides is 1. The van der Waals surface area contributed by atoms with Gasteiger partial charge in [0.15, 0.2) is 11.5 Å². The third-order valence-corrected chi connectivity index (χ3v) is 3.68. The molecule has 0 saturated carbocycles. The molecular weight excluding hydrogens is 335 g/mol. The van der Waals surface area contributed by atoms with Crippen molar-refractivity contribution in [2.24, 2.45) is 0 Å². The number of rotatable bonds is 5. The zero-order chi connectivity index (χ0) is 18.7. The molecule has 0 aliphatic carbocycles. The molecule has 26 heavy (non-hydrogen) atoms. The first-order chi connectivity index (χ1) is 12.4. The average Bonchev–Trinajstić information content (AvgIpc) is 3.08. The molecule has 7 nitrogen and oxygen atoms in total. The van der Waals surface area contributed by atoms with Gasteiger partial charge >= 0.3 is 0 Å². The molecule has 1 amide bonds. The first-order valence-electron chi connectivity index (χ1n) is 8.09. The lowest BCUT2D eigenvalue weighted by atomic mass is 10.1. The number of carbonyl (C=O) groups is 1. The van der Waals surface area contributed by atoms with Gasteiger partial charge in [-0.1, -0.05) is 6.07 Å². The van der Waals surface area contributed by atoms with Crippen molar-refractivity contribution in [1.29, 1.82) is 0 Å². The molecule has 0 aromatic carbocycles. The highest BCUT2D eigenvalue weighted by molar-refractivity contribution is 5.94. The van der Waals surface area contributed by atoms with Crippen LogP contribution in [0.2, 0.25) is 0 Å². The van der Waals surface area contributed by atoms with Crippen LogP contribution >= 0.6 is 0 Å². The summed E-state index contributed by atoms with van der Waals surface area (Å²) in [5.74, 6) is -0.0164. The van der Waals surface area contributed by atoms with E-state index < -0.39 is 18.1 Å². The van der Waals surface area contributed by atoms with Crippen LogP contribution in [-0.4, -0.2) is 43.1 Å². The maximum absolute atomic E-state index is 13.0. The molecule has 1 N–H and O–H groups in total. The highest BCUT2D eigenvalue weighted by Gasteiger charge is 2.24. The average molecular weight is 354 g/mol. The van der Waals surface area contributed by atoms with Gasteiger partial charge in [0, 0.05) is 12.4 Å². The smallest absolute Gasteiger partial charge is 0.272 e. The number of hydrogen-bond donors (Lipinski definition) is 1. The van der Waals surface area contributed by atoms with E-state index in [-0.39, 0.29) is 5.69 Å². The summed E-state index contributed by atoms with van der Waals surface area (Å²) in [4.78, 5) is 16.9. The van der Waals surface area contributed by atoms with Crippen LogP contribution in [0.1, 0.15) is 29.9 Å². The number of aromatic nitrogens is 5. The summed E-state index contributed by atoms with van der Waals surface area (Å²) < 4.78 is 14.5. The van der Waals surface area contributed by atoms with Crippen molar-refractivity contribution in [1.82, 2.24) is 30.3 Å². The van der Waals surface area contributed by atoms with E-state index in [4.69, 9.17) is 0 Å². The molecular formula is C18H19FN6O. The molecule has 0 bridgehead atoms. The van der Waals surface area contributed by atoms with Crippen molar-refractivity contribution in [3.63, 3.8) is 0 Å². The summed E-state index contributed by atoms with van der Waals surface area (Å²) in [6.07, 6.45) is 3.28. The maximum atomic E-state index is 13.0. The van der Waals surface area contributed by atoms with E-state index in [9.17, 15) is 9.18 Å². The second kappa shape index (κ2) is 6.99. The molecule has 3 rings (SSSR count). The minimum absolute atomic E-state index is 0.148. The fourth-order valence-electron chi connectivity index (χ4n) is 2.28. The second-order valence-corrected chi connectivity index (χ2v) is 6.60. The Kier molecular flexibility index (Phi) is 4.75. The molecule has 0 unspecified atom stereocenters. The van der Waals surface area contributed by atoms with Crippen LogP contribution in [0.4, 0.5) is 4.39 Å². The first kappa shape index (κ1) is 17.7. The zero-order valence-corrected chi connectivity index (χ0v) is 14.8. The largest absolute Gasteiger partial charge is 0.343 e. The highest BCUT2D eigenvalue weighted by Crippen LogP contribution is 2.22. The number of nitrogens with one attached hydrogen (secondary N) is 1. The quantitative estimate of drug-likeness (QED) is 0.761. The Morgan fingerprint density at radius 1 is 1.31 bits per heavy atom. The Hall–Kier alpha value is -3.16. The number of alkyl halides is 1. The molecule has 0 spiro atoms. The van der Waals surface area contributed by atoms with Crippen molar-refractivity contribution >= 4 is 5.91 Å². The lowest BCUT2D eigenvalue weighted by Crippen LogP contribution is -2.45. The van der Waals surface area contributed by atoms with E-state index in [1.807, 2.05) is 19.1 Å². The van der Waals surface area contributed by atoms with Gasteiger partial charge in [-0.3, -0.25) is 9.78 Å². The molecule has 0 aliphatic heterocycles. The van der Waals surface area contributed by atoms with Crippen molar-refractivity contribution in [2.75, 3.05) is 6.67 Å². The fraction of sp³-hybridized carbons (Fsp3) is 0.278. The zero-order valence-electron chi connectivity index (χ0n) is 14.8. The summed E-state index contributed by atoms with van der Waals surface area (Å²) in [6, 6.07) is 8.82. The summed E-state index contributed by atoms with van der Waals surface area (Å²) >= 11 is 0. The van der Waals surface area contributed by atoms with E-state index in [0.29, 0.717) is 17.2 Å². The summed E-state index contributed by atoms with van der Waals surface area (Å²) in [7, 11) is 0. The number of pyridine rings is 1. The number of aryl methyl sites for hydroxylation is 1. The second-order valence-electron chi connectivity index (χ2n) is 6.60. The van der Waals surface area contributed by atoms with Gasteiger partial charge in [-0.25, -0.2) is 9.07 Å². The molecule has 3 heterocycles. The third kappa shape index (κ3) is 3.74. The Labute approximate surface area is 150 Å². The summed E-state index contributed by atoms with van der Waals surface area (Å²) in [5.41, 5.74) is 1.41. The molecule has 134 valence electrons. The van der Waals surface area contributed by atoms with E-state index in [1.54, 1.807) is 44.4 Å². The number of carbonyl (C=O) groups excluding carboxylic acids is 1. The lowest BCUT2D eigenvalue weighted by Gasteiger charge is -2.21. The maximum Gasteiger partial charge on any atom is 0.272 e. The SMILES string of the molecule is Cc1ccc(-c2cc(C(=O)NC(C)(C)CF)nn2-c2cccnn2)nc1. The minimum Gasteiger partial charge on any atom is -0.343 e. The summed E-state index contributed by atoms with van der Waals surface area (Å²) in [6.45, 7) is 4.46. The number of hydrogen-bond acceptors (Lipinski definition) is 5. The van der Waals surface area contributed by atoms with Crippen molar-refractivity contribution < 1.29 is 9.18 Å². The standard InChI is InChI=1S/C18H19FN6O/c1-12-6-7-13(20-10-12)15-9-14(17(26)22-18(2,3)11-19)24-25(15)16-5-4-8-21-23-16/h4-10H,11H2,1-3H3,(H,22,26). The molecule has 0 aliphatic rings. The molecule has 0 fully saturated rings. The van der Waals surface area contributed by atoms with Crippen molar-refractivity contribution in [3.8, 4) is 17.2 Å². The van der Waals surface area contributed by atoms with Crippen LogP contribution in [0.25, 0.3) is 17.2 Å². The van der Waals surface area contributed by atoms with Crippen LogP contribution in [0.5, 0.6) is 0 Å². The highest BCUT2D eigenvalue weighted by atomic mass is 19.1. The Morgan fingerprint density at radius 2 is 2.12 bits per heavy atom.